The highest BCUT2D eigenvalue weighted by Gasteiger charge is 2.31. The van der Waals surface area contributed by atoms with Gasteiger partial charge in [-0.25, -0.2) is 4.39 Å². The first-order valence-corrected chi connectivity index (χ1v) is 7.66. The van der Waals surface area contributed by atoms with Crippen LogP contribution >= 0.6 is 0 Å². The van der Waals surface area contributed by atoms with E-state index in [1.165, 1.54) is 24.5 Å². The van der Waals surface area contributed by atoms with Crippen molar-refractivity contribution >= 4 is 5.91 Å². The molecule has 0 radical (unpaired) electrons. The van der Waals surface area contributed by atoms with Crippen LogP contribution in [0.1, 0.15) is 41.3 Å². The third kappa shape index (κ3) is 3.53. The van der Waals surface area contributed by atoms with E-state index in [1.54, 1.807) is 23.1 Å². The van der Waals surface area contributed by atoms with Crippen LogP contribution in [0.25, 0.3) is 0 Å². The average molecular weight is 315 g/mol. The maximum Gasteiger partial charge on any atom is 0.255 e. The lowest BCUT2D eigenvalue weighted by Crippen LogP contribution is -2.36. The highest BCUT2D eigenvalue weighted by molar-refractivity contribution is 5.94. The molecule has 23 heavy (non-hydrogen) atoms. The van der Waals surface area contributed by atoms with E-state index in [2.05, 4.69) is 10.2 Å². The van der Waals surface area contributed by atoms with Gasteiger partial charge in [0.05, 0.1) is 24.1 Å². The third-order valence-corrected chi connectivity index (χ3v) is 4.22. The molecule has 1 fully saturated rings. The van der Waals surface area contributed by atoms with Gasteiger partial charge in [0, 0.05) is 12.6 Å². The Bertz CT molecular complexity index is 663. The van der Waals surface area contributed by atoms with Crippen molar-refractivity contribution < 1.29 is 14.3 Å². The van der Waals surface area contributed by atoms with Crippen LogP contribution in [0.2, 0.25) is 0 Å². The van der Waals surface area contributed by atoms with Crippen LogP contribution in [-0.2, 0) is 0 Å². The fourth-order valence-electron chi connectivity index (χ4n) is 3.01. The van der Waals surface area contributed by atoms with Crippen molar-refractivity contribution in [3.8, 4) is 0 Å². The number of rotatable bonds is 4. The number of nitrogens with zero attached hydrogens (tertiary/aromatic N) is 3. The summed E-state index contributed by atoms with van der Waals surface area (Å²) in [5.74, 6) is -0.419. The summed E-state index contributed by atoms with van der Waals surface area (Å²) in [5.41, 5.74) is 1.17. The third-order valence-electron chi connectivity index (χ3n) is 4.22. The minimum absolute atomic E-state index is 0.0317. The molecule has 1 N–H and O–H groups in total. The van der Waals surface area contributed by atoms with E-state index in [9.17, 15) is 14.3 Å². The number of aromatic nitrogens is 2. The lowest BCUT2D eigenvalue weighted by atomic mass is 10.00. The lowest BCUT2D eigenvalue weighted by molar-refractivity contribution is 0.0666. The average Bonchev–Trinajstić information content (AvgIpc) is 3.03. The Balaban J connectivity index is 1.69. The van der Waals surface area contributed by atoms with Crippen molar-refractivity contribution in [3.05, 3.63) is 59.7 Å². The van der Waals surface area contributed by atoms with Crippen molar-refractivity contribution in [2.45, 2.75) is 31.4 Å². The first-order chi connectivity index (χ1) is 11.1. The zero-order valence-electron chi connectivity index (χ0n) is 12.6. The minimum atomic E-state index is -0.718. The van der Waals surface area contributed by atoms with Crippen molar-refractivity contribution in [3.63, 3.8) is 0 Å². The van der Waals surface area contributed by atoms with Crippen LogP contribution in [0.3, 0.4) is 0 Å². The Morgan fingerprint density at radius 1 is 1.30 bits per heavy atom. The molecule has 0 spiro atoms. The summed E-state index contributed by atoms with van der Waals surface area (Å²) in [6.07, 6.45) is 4.42. The van der Waals surface area contributed by atoms with E-state index in [0.29, 0.717) is 24.1 Å². The highest BCUT2D eigenvalue weighted by Crippen LogP contribution is 2.28. The molecular weight excluding hydrogens is 297 g/mol. The van der Waals surface area contributed by atoms with Gasteiger partial charge in [0.25, 0.3) is 5.91 Å². The predicted molar refractivity (Wildman–Crippen MR) is 82.1 cm³/mol. The van der Waals surface area contributed by atoms with E-state index in [4.69, 9.17) is 0 Å². The number of aliphatic hydroxyl groups is 1. The van der Waals surface area contributed by atoms with E-state index in [-0.39, 0.29) is 17.8 Å². The van der Waals surface area contributed by atoms with Crippen molar-refractivity contribution in [1.29, 1.82) is 0 Å². The SMILES string of the molecule is O=C(c1ccnnc1)N1CCCC1CC(O)c1ccc(F)cc1. The molecule has 1 amide bonds. The van der Waals surface area contributed by atoms with Crippen LogP contribution in [-0.4, -0.2) is 38.7 Å². The van der Waals surface area contributed by atoms with Crippen LogP contribution in [0.4, 0.5) is 4.39 Å². The molecule has 2 heterocycles. The van der Waals surface area contributed by atoms with E-state index in [0.717, 1.165) is 12.8 Å². The monoisotopic (exact) mass is 315 g/mol. The number of carbonyl (C=O) groups is 1. The van der Waals surface area contributed by atoms with E-state index >= 15 is 0 Å². The molecule has 6 heteroatoms. The molecule has 0 bridgehead atoms. The van der Waals surface area contributed by atoms with Crippen LogP contribution in [0.15, 0.2) is 42.7 Å². The van der Waals surface area contributed by atoms with Crippen LogP contribution < -0.4 is 0 Å². The molecule has 1 aromatic heterocycles. The van der Waals surface area contributed by atoms with Gasteiger partial charge in [0.2, 0.25) is 0 Å². The Hall–Kier alpha value is -2.34. The highest BCUT2D eigenvalue weighted by atomic mass is 19.1. The molecule has 3 rings (SSSR count). The van der Waals surface area contributed by atoms with Crippen molar-refractivity contribution in [2.24, 2.45) is 0 Å². The number of hydrogen-bond donors (Lipinski definition) is 1. The summed E-state index contributed by atoms with van der Waals surface area (Å²) in [6, 6.07) is 7.43. The molecule has 1 aliphatic heterocycles. The Kier molecular flexibility index (Phi) is 4.62. The van der Waals surface area contributed by atoms with Gasteiger partial charge in [-0.15, -0.1) is 0 Å². The Morgan fingerprint density at radius 2 is 2.09 bits per heavy atom. The number of likely N-dealkylation sites (tertiary alicyclic amines) is 1. The fraction of sp³-hybridized carbons (Fsp3) is 0.353. The first kappa shape index (κ1) is 15.6. The van der Waals surface area contributed by atoms with Gasteiger partial charge in [-0.05, 0) is 43.0 Å². The standard InChI is InChI=1S/C17H18FN3O2/c18-14-5-3-12(4-6-14)16(22)10-15-2-1-9-21(15)17(23)13-7-8-19-20-11-13/h3-8,11,15-16,22H,1-2,9-10H2. The zero-order chi connectivity index (χ0) is 16.2. The molecule has 120 valence electrons. The predicted octanol–water partition coefficient (Wildman–Crippen LogP) is 2.34. The van der Waals surface area contributed by atoms with Gasteiger partial charge >= 0.3 is 0 Å². The van der Waals surface area contributed by atoms with E-state index in [1.807, 2.05) is 0 Å². The summed E-state index contributed by atoms with van der Waals surface area (Å²) in [6.45, 7) is 0.669. The Labute approximate surface area is 133 Å². The number of amides is 1. The van der Waals surface area contributed by atoms with Gasteiger partial charge in [0.1, 0.15) is 5.82 Å². The summed E-state index contributed by atoms with van der Waals surface area (Å²) in [5, 5.41) is 17.8. The maximum atomic E-state index is 13.0. The minimum Gasteiger partial charge on any atom is -0.388 e. The second-order valence-corrected chi connectivity index (χ2v) is 5.73. The summed E-state index contributed by atoms with van der Waals surface area (Å²) < 4.78 is 13.0. The van der Waals surface area contributed by atoms with Crippen molar-refractivity contribution in [1.82, 2.24) is 15.1 Å². The molecule has 1 aromatic carbocycles. The van der Waals surface area contributed by atoms with E-state index < -0.39 is 6.10 Å². The van der Waals surface area contributed by atoms with Crippen LogP contribution in [0.5, 0.6) is 0 Å². The molecule has 2 atom stereocenters. The maximum absolute atomic E-state index is 13.0. The molecular formula is C17H18FN3O2. The molecule has 2 aromatic rings. The van der Waals surface area contributed by atoms with Gasteiger partial charge in [-0.2, -0.15) is 10.2 Å². The zero-order valence-corrected chi connectivity index (χ0v) is 12.6. The molecule has 1 saturated heterocycles. The van der Waals surface area contributed by atoms with Gasteiger partial charge in [-0.1, -0.05) is 12.1 Å². The Morgan fingerprint density at radius 3 is 2.78 bits per heavy atom. The second-order valence-electron chi connectivity index (χ2n) is 5.73. The molecule has 2 unspecified atom stereocenters. The lowest BCUT2D eigenvalue weighted by Gasteiger charge is -2.26. The fourth-order valence-corrected chi connectivity index (χ4v) is 3.01. The number of halogens is 1. The number of benzene rings is 1. The topological polar surface area (TPSA) is 66.3 Å². The summed E-state index contributed by atoms with van der Waals surface area (Å²) >= 11 is 0. The number of carbonyl (C=O) groups excluding carboxylic acids is 1. The van der Waals surface area contributed by atoms with Crippen LogP contribution in [0, 0.1) is 5.82 Å². The molecule has 5 nitrogen and oxygen atoms in total. The largest absolute Gasteiger partial charge is 0.388 e. The van der Waals surface area contributed by atoms with Gasteiger partial charge in [-0.3, -0.25) is 4.79 Å². The number of aliphatic hydroxyl groups excluding tert-OH is 1. The first-order valence-electron chi connectivity index (χ1n) is 7.66. The summed E-state index contributed by atoms with van der Waals surface area (Å²) in [7, 11) is 0. The molecule has 0 saturated carbocycles. The quantitative estimate of drug-likeness (QED) is 0.940. The molecule has 0 aliphatic carbocycles. The smallest absolute Gasteiger partial charge is 0.255 e. The normalized spacial score (nSPS) is 18.9. The summed E-state index contributed by atoms with van der Waals surface area (Å²) in [4.78, 5) is 14.3. The van der Waals surface area contributed by atoms with Crippen molar-refractivity contribution in [2.75, 3.05) is 6.54 Å². The molecule has 1 aliphatic rings. The van der Waals surface area contributed by atoms with Gasteiger partial charge < -0.3 is 10.0 Å². The van der Waals surface area contributed by atoms with Gasteiger partial charge in [0.15, 0.2) is 0 Å². The number of hydrogen-bond acceptors (Lipinski definition) is 4. The second kappa shape index (κ2) is 6.83.